The highest BCUT2D eigenvalue weighted by molar-refractivity contribution is 5.81. The average molecular weight is 198 g/mol. The van der Waals surface area contributed by atoms with Crippen LogP contribution in [-0.4, -0.2) is 30.7 Å². The van der Waals surface area contributed by atoms with Gasteiger partial charge in [-0.15, -0.1) is 0 Å². The predicted molar refractivity (Wildman–Crippen MR) is 51.4 cm³/mol. The number of nitrogens with zero attached hydrogens (tertiary/aromatic N) is 4. The average Bonchev–Trinajstić information content (AvgIpc) is 2.49. The molecule has 74 valence electrons. The smallest absolute Gasteiger partial charge is 0.165 e. The Balaban J connectivity index is 2.52. The molecule has 0 radical (unpaired) electrons. The highest BCUT2D eigenvalue weighted by Crippen LogP contribution is 2.14. The SMILES string of the molecule is CC(O)Cn1[13cH]n[13c]2[13c](N)n[13cH]n[13c]21. The van der Waals surface area contributed by atoms with E-state index in [1.54, 1.807) is 17.8 Å². The molecular formula is C8H11N5O. The highest BCUT2D eigenvalue weighted by atomic mass is 16.3. The summed E-state index contributed by atoms with van der Waals surface area (Å²) < 4.78 is 1.75. The molecule has 0 aliphatic rings. The van der Waals surface area contributed by atoms with E-state index in [0.717, 1.165) is 0 Å². The molecule has 1 atom stereocenters. The summed E-state index contributed by atoms with van der Waals surface area (Å²) in [6.07, 6.45) is 2.55. The molecule has 14 heavy (non-hydrogen) atoms. The van der Waals surface area contributed by atoms with Crippen molar-refractivity contribution >= 4 is 17.0 Å². The molecule has 0 saturated heterocycles. The van der Waals surface area contributed by atoms with Crippen molar-refractivity contribution in [1.82, 2.24) is 19.5 Å². The summed E-state index contributed by atoms with van der Waals surface area (Å²) in [4.78, 5) is 12.0. The maximum atomic E-state index is 9.23. The fourth-order valence-electron chi connectivity index (χ4n) is 1.32. The molecule has 2 aromatic heterocycles. The third-order valence-corrected chi connectivity index (χ3v) is 1.89. The first-order valence-corrected chi connectivity index (χ1v) is 4.28. The van der Waals surface area contributed by atoms with Gasteiger partial charge in [-0.05, 0) is 6.92 Å². The Labute approximate surface area is 80.4 Å². The number of nitrogen functional groups attached to an aromatic ring is 1. The van der Waals surface area contributed by atoms with Crippen molar-refractivity contribution in [1.29, 1.82) is 0 Å². The Morgan fingerprint density at radius 2 is 2.29 bits per heavy atom. The summed E-state index contributed by atoms with van der Waals surface area (Å²) in [5, 5.41) is 9.23. The lowest BCUT2D eigenvalue weighted by atomic mass is 10.4. The molecule has 0 aliphatic carbocycles. The van der Waals surface area contributed by atoms with Crippen molar-refractivity contribution in [2.45, 2.75) is 19.6 Å². The Morgan fingerprint density at radius 3 is 3.00 bits per heavy atom. The number of hydrogen-bond donors (Lipinski definition) is 2. The van der Waals surface area contributed by atoms with E-state index in [-0.39, 0.29) is 0 Å². The van der Waals surface area contributed by atoms with Crippen molar-refractivity contribution < 1.29 is 5.11 Å². The first kappa shape index (κ1) is 8.89. The van der Waals surface area contributed by atoms with Crippen LogP contribution >= 0.6 is 0 Å². The van der Waals surface area contributed by atoms with Crippen LogP contribution in [-0.2, 0) is 6.54 Å². The molecule has 0 bridgehead atoms. The Bertz CT molecular complexity index is 450. The summed E-state index contributed by atoms with van der Waals surface area (Å²) in [5.41, 5.74) is 6.84. The molecule has 2 heterocycles. The maximum absolute atomic E-state index is 9.23. The fraction of sp³-hybridized carbons (Fsp3) is 0.375. The molecule has 2 aromatic rings. The van der Waals surface area contributed by atoms with Gasteiger partial charge < -0.3 is 15.4 Å². The summed E-state index contributed by atoms with van der Waals surface area (Å²) >= 11 is 0. The molecule has 0 fully saturated rings. The third kappa shape index (κ3) is 1.39. The van der Waals surface area contributed by atoms with Gasteiger partial charge in [0.2, 0.25) is 0 Å². The van der Waals surface area contributed by atoms with Gasteiger partial charge in [0.1, 0.15) is 11.8 Å². The zero-order chi connectivity index (χ0) is 10.1. The third-order valence-electron chi connectivity index (χ3n) is 1.89. The molecule has 0 aromatic carbocycles. The summed E-state index contributed by atoms with van der Waals surface area (Å²) in [6.45, 7) is 2.16. The zero-order valence-corrected chi connectivity index (χ0v) is 7.75. The van der Waals surface area contributed by atoms with Gasteiger partial charge in [-0.25, -0.2) is 15.0 Å². The minimum atomic E-state index is -0.441. The van der Waals surface area contributed by atoms with Crippen LogP contribution in [0.15, 0.2) is 12.7 Å². The van der Waals surface area contributed by atoms with E-state index in [1.807, 2.05) is 0 Å². The molecular weight excluding hydrogens is 187 g/mol. The molecule has 0 spiro atoms. The van der Waals surface area contributed by atoms with Crippen molar-refractivity contribution in [3.63, 3.8) is 0 Å². The Morgan fingerprint density at radius 1 is 1.50 bits per heavy atom. The minimum absolute atomic E-state index is 0.361. The van der Waals surface area contributed by atoms with E-state index in [1.165, 1.54) is 6.33 Å². The van der Waals surface area contributed by atoms with Crippen LogP contribution < -0.4 is 5.73 Å². The number of nitrogens with two attached hydrogens (primary N) is 1. The van der Waals surface area contributed by atoms with E-state index in [2.05, 4.69) is 15.0 Å². The zero-order valence-electron chi connectivity index (χ0n) is 7.75. The second kappa shape index (κ2) is 3.22. The number of imidazole rings is 1. The van der Waals surface area contributed by atoms with Gasteiger partial charge in [-0.3, -0.25) is 0 Å². The van der Waals surface area contributed by atoms with Crippen LogP contribution in [0.3, 0.4) is 0 Å². The number of aromatic nitrogens is 4. The fourth-order valence-corrected chi connectivity index (χ4v) is 1.32. The number of aliphatic hydroxyl groups is 1. The summed E-state index contributed by atoms with van der Waals surface area (Å²) in [7, 11) is 0. The van der Waals surface area contributed by atoms with E-state index in [0.29, 0.717) is 23.5 Å². The first-order valence-electron chi connectivity index (χ1n) is 4.28. The van der Waals surface area contributed by atoms with Gasteiger partial charge >= 0.3 is 0 Å². The van der Waals surface area contributed by atoms with E-state index >= 15 is 0 Å². The van der Waals surface area contributed by atoms with Crippen molar-refractivity contribution in [2.24, 2.45) is 0 Å². The van der Waals surface area contributed by atoms with Crippen LogP contribution in [0, 0.1) is 0 Å². The van der Waals surface area contributed by atoms with Crippen LogP contribution in [0.5, 0.6) is 0 Å². The molecule has 0 amide bonds. The quantitative estimate of drug-likeness (QED) is 0.696. The monoisotopic (exact) mass is 198 g/mol. The largest absolute Gasteiger partial charge is 0.392 e. The summed E-state index contributed by atoms with van der Waals surface area (Å²) in [6, 6.07) is 0. The Kier molecular flexibility index (Phi) is 2.05. The lowest BCUT2D eigenvalue weighted by molar-refractivity contribution is 0.175. The van der Waals surface area contributed by atoms with Crippen molar-refractivity contribution in [2.75, 3.05) is 5.73 Å². The first-order chi connectivity index (χ1) is 6.68. The van der Waals surface area contributed by atoms with Gasteiger partial charge in [0, 0.05) is 0 Å². The number of anilines is 1. The summed E-state index contributed by atoms with van der Waals surface area (Å²) in [5.74, 6) is 0.361. The predicted octanol–water partition coefficient (Wildman–Crippen LogP) is -0.211. The second-order valence-electron chi connectivity index (χ2n) is 3.18. The molecule has 0 saturated carbocycles. The standard InChI is InChI=1S/C8H11N5O/c1-5(14)2-13-4-12-6-7(9)10-3-11-8(6)13/h3-5,14H,2H2,1H3,(H2,9,10,11)/i3+1,4+1,6+1,7+1,8+1. The molecule has 3 N–H and O–H groups in total. The molecule has 6 heteroatoms. The van der Waals surface area contributed by atoms with Crippen molar-refractivity contribution in [3.05, 3.63) is 12.7 Å². The lowest BCUT2D eigenvalue weighted by Crippen LogP contribution is -2.11. The second-order valence-corrected chi connectivity index (χ2v) is 3.18. The van der Waals surface area contributed by atoms with Gasteiger partial charge in [-0.2, -0.15) is 0 Å². The number of rotatable bonds is 2. The highest BCUT2D eigenvalue weighted by Gasteiger charge is 2.08. The van der Waals surface area contributed by atoms with Gasteiger partial charge in [0.15, 0.2) is 11.5 Å². The number of aliphatic hydroxyl groups excluding tert-OH is 1. The van der Waals surface area contributed by atoms with Crippen LogP contribution in [0.25, 0.3) is 11.2 Å². The van der Waals surface area contributed by atoms with Crippen LogP contribution in [0.4, 0.5) is 5.82 Å². The number of fused-ring (bicyclic) bond motifs is 1. The van der Waals surface area contributed by atoms with E-state index in [9.17, 15) is 5.11 Å². The van der Waals surface area contributed by atoms with Crippen LogP contribution in [0.2, 0.25) is 0 Å². The lowest BCUT2D eigenvalue weighted by Gasteiger charge is -2.05. The topological polar surface area (TPSA) is 89.8 Å². The normalized spacial score (nSPS) is 13.3. The van der Waals surface area contributed by atoms with Crippen LogP contribution in [0.1, 0.15) is 6.92 Å². The maximum Gasteiger partial charge on any atom is 0.165 e. The molecule has 2 rings (SSSR count). The minimum Gasteiger partial charge on any atom is -0.392 e. The van der Waals surface area contributed by atoms with Crippen molar-refractivity contribution in [3.8, 4) is 0 Å². The number of hydrogen-bond acceptors (Lipinski definition) is 5. The van der Waals surface area contributed by atoms with E-state index < -0.39 is 6.10 Å². The van der Waals surface area contributed by atoms with Gasteiger partial charge in [0.05, 0.1) is 19.0 Å². The van der Waals surface area contributed by atoms with Gasteiger partial charge in [-0.1, -0.05) is 0 Å². The molecule has 6 nitrogen and oxygen atoms in total. The van der Waals surface area contributed by atoms with E-state index in [4.69, 9.17) is 5.73 Å². The Hall–Kier alpha value is -1.69. The molecule has 1 unspecified atom stereocenters. The van der Waals surface area contributed by atoms with Gasteiger partial charge in [0.25, 0.3) is 0 Å². The molecule has 0 aliphatic heterocycles.